The van der Waals surface area contributed by atoms with Gasteiger partial charge in [-0.2, -0.15) is 5.10 Å². The number of ether oxygens (including phenoxy) is 1. The van der Waals surface area contributed by atoms with Crippen LogP contribution in [0.3, 0.4) is 0 Å². The number of halogens is 1. The standard InChI is InChI=1S/C10H11BrN6O/c1-2-18-9-4-3-8(11)5-7(9)6-13-17-10(12)14-15-16-17/h3-6H,2H2,1H3,(H2,12,14,16)/b13-6+. The van der Waals surface area contributed by atoms with Crippen molar-refractivity contribution in [3.8, 4) is 5.75 Å². The van der Waals surface area contributed by atoms with Crippen molar-refractivity contribution in [1.82, 2.24) is 20.3 Å². The highest BCUT2D eigenvalue weighted by Gasteiger charge is 2.03. The first-order valence-electron chi connectivity index (χ1n) is 5.21. The average molecular weight is 311 g/mol. The van der Waals surface area contributed by atoms with E-state index in [1.807, 2.05) is 25.1 Å². The number of rotatable bonds is 4. The topological polar surface area (TPSA) is 91.2 Å². The summed E-state index contributed by atoms with van der Waals surface area (Å²) in [5.41, 5.74) is 6.31. The summed E-state index contributed by atoms with van der Waals surface area (Å²) in [5, 5.41) is 14.6. The van der Waals surface area contributed by atoms with Gasteiger partial charge in [0.2, 0.25) is 0 Å². The molecule has 0 amide bonds. The fourth-order valence-corrected chi connectivity index (χ4v) is 1.67. The van der Waals surface area contributed by atoms with Crippen LogP contribution in [-0.2, 0) is 0 Å². The lowest BCUT2D eigenvalue weighted by Crippen LogP contribution is -2.01. The van der Waals surface area contributed by atoms with Crippen molar-refractivity contribution in [2.75, 3.05) is 12.3 Å². The second kappa shape index (κ2) is 5.58. The van der Waals surface area contributed by atoms with Crippen LogP contribution in [0, 0.1) is 0 Å². The quantitative estimate of drug-likeness (QED) is 0.859. The molecular weight excluding hydrogens is 300 g/mol. The Bertz CT molecular complexity index is 567. The Morgan fingerprint density at radius 3 is 3.06 bits per heavy atom. The van der Waals surface area contributed by atoms with Crippen LogP contribution in [0.2, 0.25) is 0 Å². The molecule has 2 aromatic rings. The fourth-order valence-electron chi connectivity index (χ4n) is 1.30. The van der Waals surface area contributed by atoms with Crippen LogP contribution < -0.4 is 10.5 Å². The number of nitrogen functional groups attached to an aromatic ring is 1. The molecular formula is C10H11BrN6O. The van der Waals surface area contributed by atoms with Gasteiger partial charge in [0, 0.05) is 10.0 Å². The van der Waals surface area contributed by atoms with Gasteiger partial charge in [-0.15, -0.1) is 0 Å². The van der Waals surface area contributed by atoms with E-state index in [1.54, 1.807) is 6.21 Å². The van der Waals surface area contributed by atoms with E-state index in [2.05, 4.69) is 36.6 Å². The molecule has 94 valence electrons. The number of hydrogen-bond acceptors (Lipinski definition) is 6. The van der Waals surface area contributed by atoms with Crippen LogP contribution in [0.1, 0.15) is 12.5 Å². The molecule has 0 atom stereocenters. The number of hydrogen-bond donors (Lipinski definition) is 1. The maximum absolute atomic E-state index is 5.50. The molecule has 2 N–H and O–H groups in total. The van der Waals surface area contributed by atoms with Crippen molar-refractivity contribution in [1.29, 1.82) is 0 Å². The summed E-state index contributed by atoms with van der Waals surface area (Å²) in [6.07, 6.45) is 1.59. The average Bonchev–Trinajstić information content (AvgIpc) is 2.75. The number of aromatic nitrogens is 4. The molecule has 0 aliphatic rings. The Morgan fingerprint density at radius 2 is 2.39 bits per heavy atom. The highest BCUT2D eigenvalue weighted by Crippen LogP contribution is 2.21. The third-order valence-corrected chi connectivity index (χ3v) is 2.55. The summed E-state index contributed by atoms with van der Waals surface area (Å²) < 4.78 is 6.42. The van der Waals surface area contributed by atoms with Crippen LogP contribution in [0.25, 0.3) is 0 Å². The van der Waals surface area contributed by atoms with Crippen LogP contribution in [0.4, 0.5) is 5.95 Å². The van der Waals surface area contributed by atoms with Gasteiger partial charge >= 0.3 is 0 Å². The third-order valence-electron chi connectivity index (χ3n) is 2.05. The maximum Gasteiger partial charge on any atom is 0.263 e. The molecule has 0 saturated carbocycles. The van der Waals surface area contributed by atoms with Gasteiger partial charge < -0.3 is 10.5 Å². The van der Waals surface area contributed by atoms with Crippen molar-refractivity contribution >= 4 is 28.1 Å². The van der Waals surface area contributed by atoms with Gasteiger partial charge in [0.1, 0.15) is 5.75 Å². The highest BCUT2D eigenvalue weighted by molar-refractivity contribution is 9.10. The second-order valence-electron chi connectivity index (χ2n) is 3.29. The largest absolute Gasteiger partial charge is 0.493 e. The van der Waals surface area contributed by atoms with Crippen LogP contribution in [0.5, 0.6) is 5.75 Å². The van der Waals surface area contributed by atoms with E-state index < -0.39 is 0 Å². The molecule has 0 saturated heterocycles. The molecule has 7 nitrogen and oxygen atoms in total. The number of nitrogens with two attached hydrogens (primary N) is 1. The molecule has 0 spiro atoms. The molecule has 0 bridgehead atoms. The van der Waals surface area contributed by atoms with E-state index in [4.69, 9.17) is 10.5 Å². The number of anilines is 1. The zero-order valence-electron chi connectivity index (χ0n) is 9.62. The Labute approximate surface area is 112 Å². The summed E-state index contributed by atoms with van der Waals surface area (Å²) in [4.78, 5) is 1.14. The Balaban J connectivity index is 2.30. The van der Waals surface area contributed by atoms with Crippen molar-refractivity contribution in [2.45, 2.75) is 6.92 Å². The van der Waals surface area contributed by atoms with Gasteiger partial charge in [-0.3, -0.25) is 0 Å². The van der Waals surface area contributed by atoms with Gasteiger partial charge in [0.05, 0.1) is 12.8 Å². The zero-order chi connectivity index (χ0) is 13.0. The van der Waals surface area contributed by atoms with E-state index in [1.165, 1.54) is 0 Å². The molecule has 18 heavy (non-hydrogen) atoms. The summed E-state index contributed by atoms with van der Waals surface area (Å²) >= 11 is 3.39. The zero-order valence-corrected chi connectivity index (χ0v) is 11.2. The number of tetrazole rings is 1. The van der Waals surface area contributed by atoms with E-state index >= 15 is 0 Å². The maximum atomic E-state index is 5.50. The van der Waals surface area contributed by atoms with Crippen LogP contribution >= 0.6 is 15.9 Å². The van der Waals surface area contributed by atoms with Crippen molar-refractivity contribution in [3.63, 3.8) is 0 Å². The molecule has 0 radical (unpaired) electrons. The van der Waals surface area contributed by atoms with Crippen molar-refractivity contribution in [3.05, 3.63) is 28.2 Å². The molecule has 0 fully saturated rings. The first-order chi connectivity index (χ1) is 8.70. The third kappa shape index (κ3) is 2.83. The minimum absolute atomic E-state index is 0.124. The monoisotopic (exact) mass is 310 g/mol. The predicted molar refractivity (Wildman–Crippen MR) is 70.5 cm³/mol. The van der Waals surface area contributed by atoms with E-state index in [9.17, 15) is 0 Å². The molecule has 1 aromatic carbocycles. The van der Waals surface area contributed by atoms with Crippen LogP contribution in [-0.4, -0.2) is 33.1 Å². The van der Waals surface area contributed by atoms with Crippen molar-refractivity contribution in [2.24, 2.45) is 5.10 Å². The van der Waals surface area contributed by atoms with E-state index in [0.29, 0.717) is 6.61 Å². The Hall–Kier alpha value is -1.96. The number of benzene rings is 1. The molecule has 1 heterocycles. The Morgan fingerprint density at radius 1 is 1.56 bits per heavy atom. The second-order valence-corrected chi connectivity index (χ2v) is 4.20. The lowest BCUT2D eigenvalue weighted by molar-refractivity contribution is 0.339. The van der Waals surface area contributed by atoms with E-state index in [0.717, 1.165) is 20.6 Å². The van der Waals surface area contributed by atoms with E-state index in [-0.39, 0.29) is 5.95 Å². The normalized spacial score (nSPS) is 11.0. The minimum Gasteiger partial charge on any atom is -0.493 e. The first-order valence-corrected chi connectivity index (χ1v) is 6.00. The summed E-state index contributed by atoms with van der Waals surface area (Å²) in [7, 11) is 0. The summed E-state index contributed by atoms with van der Waals surface area (Å²) in [6, 6.07) is 5.64. The van der Waals surface area contributed by atoms with Crippen molar-refractivity contribution < 1.29 is 4.74 Å². The van der Waals surface area contributed by atoms with Gasteiger partial charge in [-0.1, -0.05) is 25.8 Å². The molecule has 0 aliphatic carbocycles. The predicted octanol–water partition coefficient (Wildman–Crippen LogP) is 1.30. The van der Waals surface area contributed by atoms with Gasteiger partial charge in [-0.25, -0.2) is 0 Å². The fraction of sp³-hybridized carbons (Fsp3) is 0.200. The smallest absolute Gasteiger partial charge is 0.263 e. The van der Waals surface area contributed by atoms with Gasteiger partial charge in [-0.05, 0) is 35.5 Å². The van der Waals surface area contributed by atoms with Gasteiger partial charge in [0.15, 0.2) is 0 Å². The number of nitrogens with zero attached hydrogens (tertiary/aromatic N) is 5. The highest BCUT2D eigenvalue weighted by atomic mass is 79.9. The first kappa shape index (κ1) is 12.5. The lowest BCUT2D eigenvalue weighted by atomic mass is 10.2. The molecule has 0 aliphatic heterocycles. The molecule has 0 unspecified atom stereocenters. The molecule has 2 rings (SSSR count). The Kier molecular flexibility index (Phi) is 3.88. The molecule has 8 heteroatoms. The summed E-state index contributed by atoms with van der Waals surface area (Å²) in [5.74, 6) is 0.857. The lowest BCUT2D eigenvalue weighted by Gasteiger charge is -2.06. The summed E-state index contributed by atoms with van der Waals surface area (Å²) in [6.45, 7) is 2.50. The minimum atomic E-state index is 0.124. The van der Waals surface area contributed by atoms with Gasteiger partial charge in [0.25, 0.3) is 5.95 Å². The SMILES string of the molecule is CCOc1ccc(Br)cc1/C=N/n1nnnc1N. The molecule has 1 aromatic heterocycles. The van der Waals surface area contributed by atoms with Crippen LogP contribution in [0.15, 0.2) is 27.8 Å².